The SMILES string of the molecule is Brc1cncc(OCc2ccsc2)c1. The Labute approximate surface area is 94.7 Å². The van der Waals surface area contributed by atoms with Crippen LogP contribution in [0, 0.1) is 0 Å². The minimum Gasteiger partial charge on any atom is -0.487 e. The number of rotatable bonds is 3. The molecule has 14 heavy (non-hydrogen) atoms. The Morgan fingerprint density at radius 2 is 2.36 bits per heavy atom. The highest BCUT2D eigenvalue weighted by atomic mass is 79.9. The Bertz CT molecular complexity index is 402. The van der Waals surface area contributed by atoms with Crippen LogP contribution < -0.4 is 4.74 Å². The van der Waals surface area contributed by atoms with E-state index in [-0.39, 0.29) is 0 Å². The zero-order valence-corrected chi connectivity index (χ0v) is 9.72. The summed E-state index contributed by atoms with van der Waals surface area (Å²) in [6.07, 6.45) is 3.44. The molecule has 0 fully saturated rings. The number of ether oxygens (including phenoxy) is 1. The molecule has 0 unspecified atom stereocenters. The fourth-order valence-corrected chi connectivity index (χ4v) is 2.01. The van der Waals surface area contributed by atoms with Crippen LogP contribution in [0.1, 0.15) is 5.56 Å². The normalized spacial score (nSPS) is 10.1. The number of halogens is 1. The average molecular weight is 270 g/mol. The van der Waals surface area contributed by atoms with E-state index in [0.29, 0.717) is 6.61 Å². The topological polar surface area (TPSA) is 22.1 Å². The van der Waals surface area contributed by atoms with Gasteiger partial charge >= 0.3 is 0 Å². The quantitative estimate of drug-likeness (QED) is 0.851. The molecule has 0 atom stereocenters. The van der Waals surface area contributed by atoms with Gasteiger partial charge in [0.25, 0.3) is 0 Å². The predicted octanol–water partition coefficient (Wildman–Crippen LogP) is 3.48. The van der Waals surface area contributed by atoms with Gasteiger partial charge in [-0.1, -0.05) is 0 Å². The minimum atomic E-state index is 0.599. The third kappa shape index (κ3) is 2.56. The first kappa shape index (κ1) is 9.68. The summed E-state index contributed by atoms with van der Waals surface area (Å²) in [6.45, 7) is 0.599. The lowest BCUT2D eigenvalue weighted by atomic mass is 10.4. The van der Waals surface area contributed by atoms with Crippen molar-refractivity contribution in [1.29, 1.82) is 0 Å². The van der Waals surface area contributed by atoms with Crippen LogP contribution >= 0.6 is 27.3 Å². The molecular weight excluding hydrogens is 262 g/mol. The van der Waals surface area contributed by atoms with Gasteiger partial charge in [0.2, 0.25) is 0 Å². The summed E-state index contributed by atoms with van der Waals surface area (Å²) in [5, 5.41) is 4.11. The lowest BCUT2D eigenvalue weighted by Gasteiger charge is -2.03. The molecule has 2 aromatic heterocycles. The van der Waals surface area contributed by atoms with Crippen molar-refractivity contribution >= 4 is 27.3 Å². The number of nitrogens with zero attached hydrogens (tertiary/aromatic N) is 1. The van der Waals surface area contributed by atoms with E-state index in [1.54, 1.807) is 23.7 Å². The summed E-state index contributed by atoms with van der Waals surface area (Å²) in [6, 6.07) is 3.95. The molecule has 0 bridgehead atoms. The Balaban J connectivity index is 1.98. The molecule has 0 aliphatic carbocycles. The summed E-state index contributed by atoms with van der Waals surface area (Å²) in [5.41, 5.74) is 1.19. The highest BCUT2D eigenvalue weighted by molar-refractivity contribution is 9.10. The molecule has 0 saturated heterocycles. The molecule has 0 N–H and O–H groups in total. The molecule has 0 aliphatic heterocycles. The number of thiophene rings is 1. The van der Waals surface area contributed by atoms with Crippen LogP contribution in [-0.4, -0.2) is 4.98 Å². The van der Waals surface area contributed by atoms with Crippen molar-refractivity contribution in [3.05, 3.63) is 45.3 Å². The lowest BCUT2D eigenvalue weighted by molar-refractivity contribution is 0.305. The molecular formula is C10H8BrNOS. The Hall–Kier alpha value is -0.870. The third-order valence-electron chi connectivity index (χ3n) is 1.67. The van der Waals surface area contributed by atoms with Crippen molar-refractivity contribution in [3.63, 3.8) is 0 Å². The van der Waals surface area contributed by atoms with Crippen molar-refractivity contribution < 1.29 is 4.74 Å². The van der Waals surface area contributed by atoms with Crippen molar-refractivity contribution in [3.8, 4) is 5.75 Å². The van der Waals surface area contributed by atoms with Gasteiger partial charge in [-0.3, -0.25) is 4.98 Å². The van der Waals surface area contributed by atoms with E-state index in [1.807, 2.05) is 11.4 Å². The van der Waals surface area contributed by atoms with E-state index in [0.717, 1.165) is 10.2 Å². The number of hydrogen-bond acceptors (Lipinski definition) is 3. The van der Waals surface area contributed by atoms with Crippen LogP contribution in [0.3, 0.4) is 0 Å². The van der Waals surface area contributed by atoms with Crippen molar-refractivity contribution in [2.24, 2.45) is 0 Å². The summed E-state index contributed by atoms with van der Waals surface area (Å²) in [5.74, 6) is 0.783. The van der Waals surface area contributed by atoms with E-state index < -0.39 is 0 Å². The van der Waals surface area contributed by atoms with Crippen LogP contribution in [0.5, 0.6) is 5.75 Å². The van der Waals surface area contributed by atoms with Crippen LogP contribution in [0.15, 0.2) is 39.8 Å². The van der Waals surface area contributed by atoms with Gasteiger partial charge in [0, 0.05) is 10.7 Å². The fourth-order valence-electron chi connectivity index (χ4n) is 1.01. The monoisotopic (exact) mass is 269 g/mol. The molecule has 0 aliphatic rings. The molecule has 0 spiro atoms. The maximum Gasteiger partial charge on any atom is 0.139 e. The zero-order valence-electron chi connectivity index (χ0n) is 7.31. The number of aromatic nitrogens is 1. The molecule has 0 radical (unpaired) electrons. The summed E-state index contributed by atoms with van der Waals surface area (Å²) < 4.78 is 6.48. The van der Waals surface area contributed by atoms with Crippen LogP contribution in [0.25, 0.3) is 0 Å². The first-order valence-corrected chi connectivity index (χ1v) is 5.82. The van der Waals surface area contributed by atoms with Gasteiger partial charge in [0.1, 0.15) is 12.4 Å². The molecule has 2 rings (SSSR count). The molecule has 0 aromatic carbocycles. The highest BCUT2D eigenvalue weighted by Gasteiger charge is 1.97. The van der Waals surface area contributed by atoms with E-state index in [2.05, 4.69) is 32.4 Å². The summed E-state index contributed by atoms with van der Waals surface area (Å²) in [4.78, 5) is 4.01. The largest absolute Gasteiger partial charge is 0.487 e. The Morgan fingerprint density at radius 1 is 1.43 bits per heavy atom. The Kier molecular flexibility index (Phi) is 3.16. The first-order chi connectivity index (χ1) is 6.84. The molecule has 2 nitrogen and oxygen atoms in total. The van der Waals surface area contributed by atoms with Gasteiger partial charge in [0.15, 0.2) is 0 Å². The second-order valence-corrected chi connectivity index (χ2v) is 4.45. The summed E-state index contributed by atoms with van der Waals surface area (Å²) in [7, 11) is 0. The average Bonchev–Trinajstić information content (AvgIpc) is 2.67. The van der Waals surface area contributed by atoms with Crippen molar-refractivity contribution in [2.45, 2.75) is 6.61 Å². The molecule has 0 amide bonds. The van der Waals surface area contributed by atoms with Gasteiger partial charge in [0.05, 0.1) is 6.20 Å². The molecule has 2 heterocycles. The van der Waals surface area contributed by atoms with Gasteiger partial charge in [-0.05, 0) is 44.4 Å². The van der Waals surface area contributed by atoms with E-state index in [9.17, 15) is 0 Å². The van der Waals surface area contributed by atoms with Crippen LogP contribution in [0.2, 0.25) is 0 Å². The van der Waals surface area contributed by atoms with Gasteiger partial charge in [-0.2, -0.15) is 11.3 Å². The first-order valence-electron chi connectivity index (χ1n) is 4.09. The van der Waals surface area contributed by atoms with Gasteiger partial charge < -0.3 is 4.74 Å². The van der Waals surface area contributed by atoms with Crippen molar-refractivity contribution in [1.82, 2.24) is 4.98 Å². The summed E-state index contributed by atoms with van der Waals surface area (Å²) >= 11 is 5.01. The second kappa shape index (κ2) is 4.57. The third-order valence-corrected chi connectivity index (χ3v) is 2.83. The number of pyridine rings is 1. The van der Waals surface area contributed by atoms with Gasteiger partial charge in [-0.15, -0.1) is 0 Å². The molecule has 72 valence electrons. The minimum absolute atomic E-state index is 0.599. The van der Waals surface area contributed by atoms with E-state index >= 15 is 0 Å². The maximum absolute atomic E-state index is 5.55. The van der Waals surface area contributed by atoms with Crippen molar-refractivity contribution in [2.75, 3.05) is 0 Å². The highest BCUT2D eigenvalue weighted by Crippen LogP contribution is 2.17. The van der Waals surface area contributed by atoms with Crippen LogP contribution in [0.4, 0.5) is 0 Å². The van der Waals surface area contributed by atoms with Gasteiger partial charge in [-0.25, -0.2) is 0 Å². The Morgan fingerprint density at radius 3 is 3.07 bits per heavy atom. The molecule has 0 saturated carbocycles. The number of hydrogen-bond donors (Lipinski definition) is 0. The molecule has 2 aromatic rings. The predicted molar refractivity (Wildman–Crippen MR) is 60.6 cm³/mol. The zero-order chi connectivity index (χ0) is 9.80. The fraction of sp³-hybridized carbons (Fsp3) is 0.100. The lowest BCUT2D eigenvalue weighted by Crippen LogP contribution is -1.93. The van der Waals surface area contributed by atoms with Crippen LogP contribution in [-0.2, 0) is 6.61 Å². The second-order valence-electron chi connectivity index (χ2n) is 2.76. The smallest absolute Gasteiger partial charge is 0.139 e. The van der Waals surface area contributed by atoms with E-state index in [1.165, 1.54) is 5.56 Å². The standard InChI is InChI=1S/C10H8BrNOS/c11-9-3-10(5-12-4-9)13-6-8-1-2-14-7-8/h1-5,7H,6H2. The molecule has 4 heteroatoms. The van der Waals surface area contributed by atoms with E-state index in [4.69, 9.17) is 4.74 Å². The maximum atomic E-state index is 5.55.